The molecule has 0 bridgehead atoms. The van der Waals surface area contributed by atoms with Crippen LogP contribution in [0, 0.1) is 11.8 Å². The number of aliphatic hydroxyl groups is 1. The van der Waals surface area contributed by atoms with Gasteiger partial charge in [0.15, 0.2) is 5.25 Å². The Morgan fingerprint density at radius 3 is 2.90 bits per heavy atom. The Morgan fingerprint density at radius 2 is 2.30 bits per heavy atom. The largest absolute Gasteiger partial charge is 0.468 e. The highest BCUT2D eigenvalue weighted by atomic mass is 32.2. The highest BCUT2D eigenvalue weighted by Crippen LogP contribution is 2.11. The number of anilines is 1. The van der Waals surface area contributed by atoms with Crippen LogP contribution in [0.4, 0.5) is 5.82 Å². The van der Waals surface area contributed by atoms with Crippen molar-refractivity contribution in [3.63, 3.8) is 0 Å². The minimum atomic E-state index is -3.95. The molecular weight excluding hydrogens is 284 g/mol. The molecule has 0 radical (unpaired) electrons. The molecule has 0 amide bonds. The van der Waals surface area contributed by atoms with E-state index < -0.39 is 21.2 Å². The Kier molecular flexibility index (Phi) is 5.49. The molecule has 1 aromatic rings. The summed E-state index contributed by atoms with van der Waals surface area (Å²) in [7, 11) is -2.84. The van der Waals surface area contributed by atoms with Crippen molar-refractivity contribution in [3.05, 3.63) is 23.9 Å². The SMILES string of the molecule is COC(=O)C(C)S(=O)(=O)Nc1cc(C#CCO)ccn1. The smallest absolute Gasteiger partial charge is 0.325 e. The second kappa shape index (κ2) is 6.88. The Balaban J connectivity index is 2.95. The van der Waals surface area contributed by atoms with Gasteiger partial charge in [0.2, 0.25) is 10.0 Å². The number of pyridine rings is 1. The zero-order valence-electron chi connectivity index (χ0n) is 11.0. The first kappa shape index (κ1) is 15.9. The minimum absolute atomic E-state index is 0.0329. The van der Waals surface area contributed by atoms with Crippen molar-refractivity contribution in [1.29, 1.82) is 0 Å². The lowest BCUT2D eigenvalue weighted by molar-refractivity contribution is -0.139. The standard InChI is InChI=1S/C12H14N2O5S/c1-9(12(16)19-2)20(17,18)14-11-8-10(4-3-7-15)5-6-13-11/h5-6,8-9,15H,7H2,1-2H3,(H,13,14). The monoisotopic (exact) mass is 298 g/mol. The molecule has 1 rings (SSSR count). The van der Waals surface area contributed by atoms with E-state index in [-0.39, 0.29) is 12.4 Å². The lowest BCUT2D eigenvalue weighted by Crippen LogP contribution is -2.33. The molecule has 1 atom stereocenters. The fraction of sp³-hybridized carbons (Fsp3) is 0.333. The molecule has 0 aliphatic rings. The van der Waals surface area contributed by atoms with E-state index in [0.717, 1.165) is 7.11 Å². The zero-order chi connectivity index (χ0) is 15.2. The maximum Gasteiger partial charge on any atom is 0.325 e. The molecule has 0 saturated carbocycles. The highest BCUT2D eigenvalue weighted by Gasteiger charge is 2.29. The third-order valence-corrected chi connectivity index (χ3v) is 3.93. The third-order valence-electron chi connectivity index (χ3n) is 2.32. The summed E-state index contributed by atoms with van der Waals surface area (Å²) in [4.78, 5) is 15.1. The highest BCUT2D eigenvalue weighted by molar-refractivity contribution is 7.94. The average Bonchev–Trinajstić information content (AvgIpc) is 2.43. The van der Waals surface area contributed by atoms with Crippen LogP contribution in [0.3, 0.4) is 0 Å². The van der Waals surface area contributed by atoms with Crippen molar-refractivity contribution in [1.82, 2.24) is 4.98 Å². The van der Waals surface area contributed by atoms with E-state index in [4.69, 9.17) is 5.11 Å². The normalized spacial score (nSPS) is 11.9. The van der Waals surface area contributed by atoms with Gasteiger partial charge < -0.3 is 9.84 Å². The molecule has 0 spiro atoms. The first-order valence-electron chi connectivity index (χ1n) is 5.56. The van der Waals surface area contributed by atoms with Crippen molar-refractivity contribution in [3.8, 4) is 11.8 Å². The second-order valence-electron chi connectivity index (χ2n) is 3.70. The van der Waals surface area contributed by atoms with Gasteiger partial charge in [-0.1, -0.05) is 11.8 Å². The lowest BCUT2D eigenvalue weighted by Gasteiger charge is -2.12. The number of sulfonamides is 1. The van der Waals surface area contributed by atoms with Crippen molar-refractivity contribution in [2.24, 2.45) is 0 Å². The summed E-state index contributed by atoms with van der Waals surface area (Å²) in [5, 5.41) is 7.23. The lowest BCUT2D eigenvalue weighted by atomic mass is 10.2. The quantitative estimate of drug-likeness (QED) is 0.585. The number of carbonyl (C=O) groups excluding carboxylic acids is 1. The molecule has 1 aromatic heterocycles. The molecule has 8 heteroatoms. The number of nitrogens with zero attached hydrogens (tertiary/aromatic N) is 1. The number of methoxy groups -OCH3 is 1. The molecule has 108 valence electrons. The van der Waals surface area contributed by atoms with Crippen LogP contribution < -0.4 is 4.72 Å². The van der Waals surface area contributed by atoms with Crippen LogP contribution in [0.15, 0.2) is 18.3 Å². The van der Waals surface area contributed by atoms with Gasteiger partial charge in [0.25, 0.3) is 0 Å². The van der Waals surface area contributed by atoms with Gasteiger partial charge in [0, 0.05) is 11.8 Å². The number of carbonyl (C=O) groups is 1. The minimum Gasteiger partial charge on any atom is -0.468 e. The second-order valence-corrected chi connectivity index (χ2v) is 5.70. The van der Waals surface area contributed by atoms with Gasteiger partial charge in [0.1, 0.15) is 12.4 Å². The van der Waals surface area contributed by atoms with E-state index in [0.29, 0.717) is 5.56 Å². The van der Waals surface area contributed by atoms with E-state index in [1.807, 2.05) is 0 Å². The van der Waals surface area contributed by atoms with Crippen molar-refractivity contribution >= 4 is 21.8 Å². The van der Waals surface area contributed by atoms with E-state index in [1.54, 1.807) is 6.07 Å². The molecule has 0 aliphatic carbocycles. The van der Waals surface area contributed by atoms with Crippen LogP contribution in [0.1, 0.15) is 12.5 Å². The predicted molar refractivity (Wildman–Crippen MR) is 72.2 cm³/mol. The van der Waals surface area contributed by atoms with Gasteiger partial charge in [-0.3, -0.25) is 9.52 Å². The molecule has 0 saturated heterocycles. The van der Waals surface area contributed by atoms with E-state index >= 15 is 0 Å². The Bertz CT molecular complexity index is 645. The molecule has 1 heterocycles. The summed E-state index contributed by atoms with van der Waals surface area (Å²) >= 11 is 0. The van der Waals surface area contributed by atoms with E-state index in [9.17, 15) is 13.2 Å². The maximum absolute atomic E-state index is 11.9. The molecule has 20 heavy (non-hydrogen) atoms. The number of aromatic nitrogens is 1. The summed E-state index contributed by atoms with van der Waals surface area (Å²) in [5.41, 5.74) is 0.484. The number of aliphatic hydroxyl groups excluding tert-OH is 1. The number of hydrogen-bond donors (Lipinski definition) is 2. The molecular formula is C12H14N2O5S. The number of esters is 1. The van der Waals surface area contributed by atoms with Gasteiger partial charge in [-0.15, -0.1) is 0 Å². The fourth-order valence-electron chi connectivity index (χ4n) is 1.23. The fourth-order valence-corrected chi connectivity index (χ4v) is 2.16. The Labute approximate surface area is 117 Å². The Morgan fingerprint density at radius 1 is 1.60 bits per heavy atom. The van der Waals surface area contributed by atoms with Gasteiger partial charge in [-0.05, 0) is 19.1 Å². The maximum atomic E-state index is 11.9. The van der Waals surface area contributed by atoms with Crippen LogP contribution in [0.25, 0.3) is 0 Å². The predicted octanol–water partition coefficient (Wildman–Crippen LogP) is -0.271. The van der Waals surface area contributed by atoms with E-state index in [2.05, 4.69) is 26.3 Å². The van der Waals surface area contributed by atoms with E-state index in [1.165, 1.54) is 19.2 Å². The Hall–Kier alpha value is -2.11. The summed E-state index contributed by atoms with van der Waals surface area (Å²) in [6, 6.07) is 2.95. The summed E-state index contributed by atoms with van der Waals surface area (Å²) in [5.74, 6) is 4.21. The van der Waals surface area contributed by atoms with Gasteiger partial charge in [-0.2, -0.15) is 0 Å². The van der Waals surface area contributed by atoms with Crippen LogP contribution in [-0.2, 0) is 19.6 Å². The summed E-state index contributed by atoms with van der Waals surface area (Å²) < 4.78 is 30.4. The average molecular weight is 298 g/mol. The van der Waals surface area contributed by atoms with Gasteiger partial charge in [0.05, 0.1) is 7.11 Å². The van der Waals surface area contributed by atoms with Crippen LogP contribution >= 0.6 is 0 Å². The molecule has 7 nitrogen and oxygen atoms in total. The number of rotatable bonds is 4. The topological polar surface area (TPSA) is 106 Å². The molecule has 0 fully saturated rings. The number of ether oxygens (including phenoxy) is 1. The molecule has 2 N–H and O–H groups in total. The van der Waals surface area contributed by atoms with Crippen LogP contribution in [0.5, 0.6) is 0 Å². The third kappa shape index (κ3) is 4.22. The van der Waals surface area contributed by atoms with Crippen molar-refractivity contribution in [2.75, 3.05) is 18.4 Å². The first-order valence-corrected chi connectivity index (χ1v) is 7.10. The van der Waals surface area contributed by atoms with Crippen molar-refractivity contribution < 1.29 is 23.1 Å². The van der Waals surface area contributed by atoms with Gasteiger partial charge >= 0.3 is 5.97 Å². The number of hydrogen-bond acceptors (Lipinski definition) is 6. The van der Waals surface area contributed by atoms with Crippen molar-refractivity contribution in [2.45, 2.75) is 12.2 Å². The summed E-state index contributed by atoms with van der Waals surface area (Å²) in [6.07, 6.45) is 1.36. The first-order chi connectivity index (χ1) is 9.40. The number of nitrogens with one attached hydrogen (secondary N) is 1. The summed E-state index contributed by atoms with van der Waals surface area (Å²) in [6.45, 7) is 0.909. The van der Waals surface area contributed by atoms with Crippen LogP contribution in [0.2, 0.25) is 0 Å². The molecule has 0 aromatic carbocycles. The molecule has 1 unspecified atom stereocenters. The van der Waals surface area contributed by atoms with Gasteiger partial charge in [-0.25, -0.2) is 13.4 Å². The molecule has 0 aliphatic heterocycles. The van der Waals surface area contributed by atoms with Crippen LogP contribution in [-0.4, -0.2) is 43.4 Å². The zero-order valence-corrected chi connectivity index (χ0v) is 11.8.